The van der Waals surface area contributed by atoms with Gasteiger partial charge in [-0.1, -0.05) is 35.8 Å². The Morgan fingerprint density at radius 2 is 2.17 bits per heavy atom. The second-order valence-corrected chi connectivity index (χ2v) is 6.16. The monoisotopic (exact) mass is 331 g/mol. The molecule has 0 unspecified atom stereocenters. The van der Waals surface area contributed by atoms with Crippen molar-refractivity contribution in [2.45, 2.75) is 31.3 Å². The van der Waals surface area contributed by atoms with Crippen LogP contribution < -0.4 is 5.32 Å². The molecule has 2 N–H and O–H groups in total. The lowest BCUT2D eigenvalue weighted by molar-refractivity contribution is -0.140. The molecule has 1 aromatic carbocycles. The summed E-state index contributed by atoms with van der Waals surface area (Å²) in [5.74, 6) is -0.733. The van der Waals surface area contributed by atoms with E-state index in [1.54, 1.807) is 11.8 Å². The lowest BCUT2D eigenvalue weighted by Gasteiger charge is -2.19. The third kappa shape index (κ3) is 4.30. The summed E-state index contributed by atoms with van der Waals surface area (Å²) in [5.41, 5.74) is 1.12. The highest BCUT2D eigenvalue weighted by molar-refractivity contribution is 9.10. The summed E-state index contributed by atoms with van der Waals surface area (Å²) in [6, 6.07) is 5.53. The van der Waals surface area contributed by atoms with Crippen LogP contribution >= 0.6 is 27.7 Å². The Kier molecular flexibility index (Phi) is 6.18. The number of carbonyl (C=O) groups is 1. The SMILES string of the molecule is CSc1cc(Br)ccc1CN[C@@H](C(=O)O)C(C)C. The second kappa shape index (κ2) is 7.16. The van der Waals surface area contributed by atoms with Crippen molar-refractivity contribution in [2.24, 2.45) is 5.92 Å². The Morgan fingerprint density at radius 3 is 2.67 bits per heavy atom. The van der Waals surface area contributed by atoms with Gasteiger partial charge in [-0.05, 0) is 29.9 Å². The Balaban J connectivity index is 2.76. The summed E-state index contributed by atoms with van der Waals surface area (Å²) in [6.07, 6.45) is 2.02. The summed E-state index contributed by atoms with van der Waals surface area (Å²) in [4.78, 5) is 12.3. The molecule has 1 aromatic rings. The van der Waals surface area contributed by atoms with E-state index in [1.807, 2.05) is 38.3 Å². The van der Waals surface area contributed by atoms with Crippen LogP contribution in [0.25, 0.3) is 0 Å². The van der Waals surface area contributed by atoms with Gasteiger partial charge in [0.05, 0.1) is 0 Å². The van der Waals surface area contributed by atoms with E-state index in [0.717, 1.165) is 14.9 Å². The van der Waals surface area contributed by atoms with Gasteiger partial charge in [0, 0.05) is 15.9 Å². The Hall–Kier alpha value is -0.520. The molecule has 0 spiro atoms. The number of benzene rings is 1. The van der Waals surface area contributed by atoms with E-state index in [9.17, 15) is 4.79 Å². The maximum Gasteiger partial charge on any atom is 0.320 e. The molecule has 0 aliphatic carbocycles. The molecular weight excluding hydrogens is 314 g/mol. The zero-order chi connectivity index (χ0) is 13.7. The molecule has 0 aromatic heterocycles. The molecule has 3 nitrogen and oxygen atoms in total. The van der Waals surface area contributed by atoms with Gasteiger partial charge < -0.3 is 10.4 Å². The number of thioether (sulfide) groups is 1. The molecule has 18 heavy (non-hydrogen) atoms. The molecule has 100 valence electrons. The zero-order valence-corrected chi connectivity index (χ0v) is 13.1. The van der Waals surface area contributed by atoms with Gasteiger partial charge in [0.25, 0.3) is 0 Å². The number of carboxylic acids is 1. The van der Waals surface area contributed by atoms with E-state index in [2.05, 4.69) is 21.2 Å². The first-order valence-electron chi connectivity index (χ1n) is 5.74. The minimum absolute atomic E-state index is 0.0654. The van der Waals surface area contributed by atoms with E-state index in [1.165, 1.54) is 0 Å². The van der Waals surface area contributed by atoms with E-state index >= 15 is 0 Å². The Morgan fingerprint density at radius 1 is 1.50 bits per heavy atom. The molecule has 0 saturated heterocycles. The number of carboxylic acid groups (broad SMARTS) is 1. The first-order chi connectivity index (χ1) is 8.45. The highest BCUT2D eigenvalue weighted by atomic mass is 79.9. The lowest BCUT2D eigenvalue weighted by Crippen LogP contribution is -2.40. The standard InChI is InChI=1S/C13H18BrNO2S/c1-8(2)12(13(16)17)15-7-9-4-5-10(14)6-11(9)18-3/h4-6,8,12,15H,7H2,1-3H3,(H,16,17)/t12-/m1/s1. The molecule has 1 atom stereocenters. The molecule has 5 heteroatoms. The first kappa shape index (κ1) is 15.5. The summed E-state index contributed by atoms with van der Waals surface area (Å²) in [5, 5.41) is 12.2. The largest absolute Gasteiger partial charge is 0.480 e. The number of hydrogen-bond donors (Lipinski definition) is 2. The van der Waals surface area contributed by atoms with E-state index in [4.69, 9.17) is 5.11 Å². The molecule has 0 bridgehead atoms. The number of halogens is 1. The van der Waals surface area contributed by atoms with Crippen molar-refractivity contribution in [3.8, 4) is 0 Å². The Bertz CT molecular complexity index is 423. The molecule has 0 amide bonds. The maximum absolute atomic E-state index is 11.1. The van der Waals surface area contributed by atoms with Gasteiger partial charge in [-0.25, -0.2) is 0 Å². The van der Waals surface area contributed by atoms with Crippen LogP contribution in [0.4, 0.5) is 0 Å². The van der Waals surface area contributed by atoms with Crippen LogP contribution in [0.3, 0.4) is 0 Å². The molecule has 0 heterocycles. The van der Waals surface area contributed by atoms with Crippen LogP contribution in [0, 0.1) is 5.92 Å². The molecular formula is C13H18BrNO2S. The number of aliphatic carboxylic acids is 1. The van der Waals surface area contributed by atoms with Gasteiger partial charge in [0.15, 0.2) is 0 Å². The minimum Gasteiger partial charge on any atom is -0.480 e. The molecule has 0 radical (unpaired) electrons. The Labute approximate surface area is 120 Å². The van der Waals surface area contributed by atoms with E-state index < -0.39 is 12.0 Å². The fourth-order valence-corrected chi connectivity index (χ4v) is 2.85. The highest BCUT2D eigenvalue weighted by Crippen LogP contribution is 2.24. The van der Waals surface area contributed by atoms with Crippen LogP contribution in [-0.2, 0) is 11.3 Å². The molecule has 1 rings (SSSR count). The van der Waals surface area contributed by atoms with Crippen LogP contribution in [-0.4, -0.2) is 23.4 Å². The fraction of sp³-hybridized carbons (Fsp3) is 0.462. The third-order valence-corrected chi connectivity index (χ3v) is 4.01. The van der Waals surface area contributed by atoms with Gasteiger partial charge in [-0.15, -0.1) is 11.8 Å². The molecule has 0 fully saturated rings. The van der Waals surface area contributed by atoms with Crippen molar-refractivity contribution in [1.82, 2.24) is 5.32 Å². The normalized spacial score (nSPS) is 12.7. The average Bonchev–Trinajstić information content (AvgIpc) is 2.30. The summed E-state index contributed by atoms with van der Waals surface area (Å²) >= 11 is 5.10. The lowest BCUT2D eigenvalue weighted by atomic mass is 10.0. The predicted octanol–water partition coefficient (Wildman–Crippen LogP) is 3.37. The van der Waals surface area contributed by atoms with Gasteiger partial charge >= 0.3 is 5.97 Å². The molecule has 0 aliphatic heterocycles. The van der Waals surface area contributed by atoms with Crippen molar-refractivity contribution in [3.05, 3.63) is 28.2 Å². The van der Waals surface area contributed by atoms with Crippen molar-refractivity contribution in [3.63, 3.8) is 0 Å². The summed E-state index contributed by atoms with van der Waals surface area (Å²) < 4.78 is 1.04. The van der Waals surface area contributed by atoms with E-state index in [0.29, 0.717) is 6.54 Å². The predicted molar refractivity (Wildman–Crippen MR) is 79.0 cm³/mol. The van der Waals surface area contributed by atoms with Gasteiger partial charge in [0.1, 0.15) is 6.04 Å². The van der Waals surface area contributed by atoms with Crippen LogP contribution in [0.15, 0.2) is 27.6 Å². The van der Waals surface area contributed by atoms with Gasteiger partial charge in [-0.2, -0.15) is 0 Å². The number of rotatable bonds is 6. The fourth-order valence-electron chi connectivity index (χ4n) is 1.69. The number of hydrogen-bond acceptors (Lipinski definition) is 3. The molecule has 0 aliphatic rings. The van der Waals surface area contributed by atoms with Crippen molar-refractivity contribution in [2.75, 3.05) is 6.26 Å². The van der Waals surface area contributed by atoms with Crippen LogP contribution in [0.2, 0.25) is 0 Å². The van der Waals surface area contributed by atoms with Crippen molar-refractivity contribution in [1.29, 1.82) is 0 Å². The molecule has 0 saturated carbocycles. The number of nitrogens with one attached hydrogen (secondary N) is 1. The minimum atomic E-state index is -0.798. The summed E-state index contributed by atoms with van der Waals surface area (Å²) in [7, 11) is 0. The zero-order valence-electron chi connectivity index (χ0n) is 10.7. The smallest absolute Gasteiger partial charge is 0.320 e. The quantitative estimate of drug-likeness (QED) is 0.784. The van der Waals surface area contributed by atoms with Crippen LogP contribution in [0.1, 0.15) is 19.4 Å². The first-order valence-corrected chi connectivity index (χ1v) is 7.76. The van der Waals surface area contributed by atoms with E-state index in [-0.39, 0.29) is 5.92 Å². The highest BCUT2D eigenvalue weighted by Gasteiger charge is 2.20. The van der Waals surface area contributed by atoms with Crippen LogP contribution in [0.5, 0.6) is 0 Å². The summed E-state index contributed by atoms with van der Waals surface area (Å²) in [6.45, 7) is 4.38. The second-order valence-electron chi connectivity index (χ2n) is 4.40. The van der Waals surface area contributed by atoms with Crippen molar-refractivity contribution >= 4 is 33.7 Å². The maximum atomic E-state index is 11.1. The van der Waals surface area contributed by atoms with Gasteiger partial charge in [-0.3, -0.25) is 4.79 Å². The topological polar surface area (TPSA) is 49.3 Å². The van der Waals surface area contributed by atoms with Crippen molar-refractivity contribution < 1.29 is 9.90 Å². The van der Waals surface area contributed by atoms with Gasteiger partial charge in [0.2, 0.25) is 0 Å². The average molecular weight is 332 g/mol. The third-order valence-electron chi connectivity index (χ3n) is 2.69.